The molecule has 4 rings (SSSR count). The molecule has 2 aliphatic carbocycles. The minimum atomic E-state index is -0.416. The van der Waals surface area contributed by atoms with Crippen molar-refractivity contribution in [3.8, 4) is 0 Å². The lowest BCUT2D eigenvalue weighted by atomic mass is 10.1. The van der Waals surface area contributed by atoms with Crippen LogP contribution in [-0.2, 0) is 11.2 Å². The number of nitrogens with zero attached hydrogens (tertiary/aromatic N) is 3. The Morgan fingerprint density at radius 2 is 1.88 bits per heavy atom. The molecule has 138 valence electrons. The molecule has 5 nitrogen and oxygen atoms in total. The molecule has 2 unspecified atom stereocenters. The van der Waals surface area contributed by atoms with Gasteiger partial charge in [0, 0.05) is 24.7 Å². The van der Waals surface area contributed by atoms with Crippen LogP contribution in [0.4, 0.5) is 4.79 Å². The summed E-state index contributed by atoms with van der Waals surface area (Å²) in [5.74, 6) is 1.77. The van der Waals surface area contributed by atoms with Crippen LogP contribution in [0.1, 0.15) is 76.7 Å². The van der Waals surface area contributed by atoms with Crippen molar-refractivity contribution >= 4 is 6.09 Å². The number of likely N-dealkylation sites (tertiary alicyclic amines) is 1. The number of carbonyl (C=O) groups is 1. The summed E-state index contributed by atoms with van der Waals surface area (Å²) in [6.45, 7) is 9.64. The lowest BCUT2D eigenvalue weighted by Gasteiger charge is -2.26. The lowest BCUT2D eigenvalue weighted by molar-refractivity contribution is 0.0270. The van der Waals surface area contributed by atoms with E-state index in [4.69, 9.17) is 9.84 Å². The van der Waals surface area contributed by atoms with Crippen LogP contribution in [-0.4, -0.2) is 39.5 Å². The standard InChI is InChI=1S/C20H31N3O2/c1-5-13-10-17(23(21-13)14-8-6-7-9-14)18-15-11-22(12-16(15)18)19(24)25-20(2,3)4/h10,14-16,18H,5-9,11-12H2,1-4H3. The Balaban J connectivity index is 1.45. The molecule has 3 aliphatic rings. The molecule has 3 fully saturated rings. The predicted octanol–water partition coefficient (Wildman–Crippen LogP) is 4.14. The van der Waals surface area contributed by atoms with Crippen LogP contribution in [0.25, 0.3) is 0 Å². The maximum Gasteiger partial charge on any atom is 0.410 e. The van der Waals surface area contributed by atoms with Crippen molar-refractivity contribution in [1.82, 2.24) is 14.7 Å². The summed E-state index contributed by atoms with van der Waals surface area (Å²) in [4.78, 5) is 14.2. The van der Waals surface area contributed by atoms with Crippen molar-refractivity contribution in [1.29, 1.82) is 0 Å². The van der Waals surface area contributed by atoms with Crippen molar-refractivity contribution in [2.75, 3.05) is 13.1 Å². The molecule has 2 saturated carbocycles. The first-order valence-corrected chi connectivity index (χ1v) is 9.93. The van der Waals surface area contributed by atoms with Crippen LogP contribution in [0, 0.1) is 11.8 Å². The fourth-order valence-electron chi connectivity index (χ4n) is 4.77. The monoisotopic (exact) mass is 345 g/mol. The van der Waals surface area contributed by atoms with E-state index in [9.17, 15) is 4.79 Å². The van der Waals surface area contributed by atoms with E-state index in [-0.39, 0.29) is 6.09 Å². The van der Waals surface area contributed by atoms with Gasteiger partial charge in [-0.1, -0.05) is 19.8 Å². The second kappa shape index (κ2) is 6.03. The summed E-state index contributed by atoms with van der Waals surface area (Å²) in [5, 5.41) is 4.91. The third-order valence-electron chi connectivity index (χ3n) is 6.04. The van der Waals surface area contributed by atoms with Gasteiger partial charge in [0.25, 0.3) is 0 Å². The maximum atomic E-state index is 12.3. The quantitative estimate of drug-likeness (QED) is 0.827. The molecule has 1 saturated heterocycles. The minimum Gasteiger partial charge on any atom is -0.444 e. The molecule has 0 spiro atoms. The molecule has 0 bridgehead atoms. The Hall–Kier alpha value is -1.52. The first-order chi connectivity index (χ1) is 11.9. The van der Waals surface area contributed by atoms with E-state index in [0.29, 0.717) is 23.8 Å². The van der Waals surface area contributed by atoms with Crippen LogP contribution < -0.4 is 0 Å². The molecule has 1 aliphatic heterocycles. The normalized spacial score (nSPS) is 29.1. The van der Waals surface area contributed by atoms with Gasteiger partial charge < -0.3 is 9.64 Å². The van der Waals surface area contributed by atoms with Crippen LogP contribution in [0.15, 0.2) is 6.07 Å². The van der Waals surface area contributed by atoms with Crippen molar-refractivity contribution in [2.24, 2.45) is 11.8 Å². The number of ether oxygens (including phenoxy) is 1. The Labute approximate surface area is 150 Å². The lowest BCUT2D eigenvalue weighted by Crippen LogP contribution is -2.37. The number of carbonyl (C=O) groups excluding carboxylic acids is 1. The van der Waals surface area contributed by atoms with E-state index in [1.165, 1.54) is 37.1 Å². The molecular weight excluding hydrogens is 314 g/mol. The number of piperidine rings is 1. The zero-order chi connectivity index (χ0) is 17.8. The van der Waals surface area contributed by atoms with Gasteiger partial charge in [0.2, 0.25) is 0 Å². The zero-order valence-electron chi connectivity index (χ0n) is 16.0. The molecule has 1 aromatic heterocycles. The summed E-state index contributed by atoms with van der Waals surface area (Å²) >= 11 is 0. The molecule has 2 heterocycles. The van der Waals surface area contributed by atoms with E-state index in [2.05, 4.69) is 17.7 Å². The summed E-state index contributed by atoms with van der Waals surface area (Å²) in [7, 11) is 0. The van der Waals surface area contributed by atoms with Gasteiger partial charge in [-0.25, -0.2) is 4.79 Å². The van der Waals surface area contributed by atoms with Crippen molar-refractivity contribution in [3.05, 3.63) is 17.5 Å². The van der Waals surface area contributed by atoms with Crippen molar-refractivity contribution < 1.29 is 9.53 Å². The average Bonchev–Trinajstić information content (AvgIpc) is 3.07. The molecule has 2 atom stereocenters. The highest BCUT2D eigenvalue weighted by Gasteiger charge is 2.59. The van der Waals surface area contributed by atoms with E-state index < -0.39 is 5.60 Å². The van der Waals surface area contributed by atoms with E-state index in [0.717, 1.165) is 19.5 Å². The highest BCUT2D eigenvalue weighted by molar-refractivity contribution is 5.69. The molecule has 1 aromatic rings. The topological polar surface area (TPSA) is 47.4 Å². The summed E-state index contributed by atoms with van der Waals surface area (Å²) < 4.78 is 7.88. The number of aryl methyl sites for hydroxylation is 1. The molecule has 0 aromatic carbocycles. The Morgan fingerprint density at radius 3 is 2.44 bits per heavy atom. The van der Waals surface area contributed by atoms with Crippen LogP contribution in [0.2, 0.25) is 0 Å². The number of hydrogen-bond donors (Lipinski definition) is 0. The first kappa shape index (κ1) is 16.9. The smallest absolute Gasteiger partial charge is 0.410 e. The molecule has 0 radical (unpaired) electrons. The summed E-state index contributed by atoms with van der Waals surface area (Å²) in [6.07, 6.45) is 6.04. The van der Waals surface area contributed by atoms with Crippen molar-refractivity contribution in [2.45, 2.75) is 77.4 Å². The largest absolute Gasteiger partial charge is 0.444 e. The SMILES string of the molecule is CCc1cc(C2C3CN(C(=O)OC(C)(C)C)CC32)n(C2CCCC2)n1. The van der Waals surface area contributed by atoms with Gasteiger partial charge in [-0.2, -0.15) is 5.10 Å². The Morgan fingerprint density at radius 1 is 1.24 bits per heavy atom. The molecule has 25 heavy (non-hydrogen) atoms. The van der Waals surface area contributed by atoms with Gasteiger partial charge in [-0.15, -0.1) is 0 Å². The minimum absolute atomic E-state index is 0.156. The predicted molar refractivity (Wildman–Crippen MR) is 96.6 cm³/mol. The Kier molecular flexibility index (Phi) is 4.08. The van der Waals surface area contributed by atoms with Gasteiger partial charge in [0.05, 0.1) is 11.7 Å². The van der Waals surface area contributed by atoms with E-state index in [1.54, 1.807) is 0 Å². The molecule has 1 amide bonds. The van der Waals surface area contributed by atoms with Gasteiger partial charge in [0.15, 0.2) is 0 Å². The van der Waals surface area contributed by atoms with Gasteiger partial charge in [-0.05, 0) is 57.9 Å². The van der Waals surface area contributed by atoms with Gasteiger partial charge >= 0.3 is 6.09 Å². The second-order valence-corrected chi connectivity index (χ2v) is 9.04. The first-order valence-electron chi connectivity index (χ1n) is 9.93. The number of rotatable bonds is 3. The van der Waals surface area contributed by atoms with E-state index in [1.807, 2.05) is 25.7 Å². The summed E-state index contributed by atoms with van der Waals surface area (Å²) in [6, 6.07) is 2.93. The van der Waals surface area contributed by atoms with Crippen LogP contribution >= 0.6 is 0 Å². The van der Waals surface area contributed by atoms with Gasteiger partial charge in [0.1, 0.15) is 5.60 Å². The molecule has 5 heteroatoms. The fraction of sp³-hybridized carbons (Fsp3) is 0.800. The maximum absolute atomic E-state index is 12.3. The zero-order valence-corrected chi connectivity index (χ0v) is 16.0. The third-order valence-corrected chi connectivity index (χ3v) is 6.04. The highest BCUT2D eigenvalue weighted by Crippen LogP contribution is 2.59. The Bertz CT molecular complexity index is 642. The summed E-state index contributed by atoms with van der Waals surface area (Å²) in [5.41, 5.74) is 2.24. The molecular formula is C20H31N3O2. The van der Waals surface area contributed by atoms with Crippen LogP contribution in [0.5, 0.6) is 0 Å². The number of aromatic nitrogens is 2. The fourth-order valence-corrected chi connectivity index (χ4v) is 4.77. The highest BCUT2D eigenvalue weighted by atomic mass is 16.6. The van der Waals surface area contributed by atoms with Crippen molar-refractivity contribution in [3.63, 3.8) is 0 Å². The van der Waals surface area contributed by atoms with Gasteiger partial charge in [-0.3, -0.25) is 4.68 Å². The average molecular weight is 345 g/mol. The third kappa shape index (κ3) is 3.18. The number of hydrogen-bond acceptors (Lipinski definition) is 3. The van der Waals surface area contributed by atoms with E-state index >= 15 is 0 Å². The number of fused-ring (bicyclic) bond motifs is 1. The second-order valence-electron chi connectivity index (χ2n) is 9.04. The van der Waals surface area contributed by atoms with Crippen LogP contribution in [0.3, 0.4) is 0 Å². The molecule has 0 N–H and O–H groups in total. The number of amides is 1.